The number of thiophene rings is 1. The highest BCUT2D eigenvalue weighted by Gasteiger charge is 2.14. The van der Waals surface area contributed by atoms with Gasteiger partial charge in [-0.1, -0.05) is 23.2 Å². The summed E-state index contributed by atoms with van der Waals surface area (Å²) in [6.45, 7) is 6.70. The smallest absolute Gasteiger partial charge is 0.190 e. The highest BCUT2D eigenvalue weighted by Crippen LogP contribution is 2.31. The molecule has 0 spiro atoms. The molecule has 0 saturated heterocycles. The van der Waals surface area contributed by atoms with E-state index in [0.717, 1.165) is 0 Å². The topological polar surface area (TPSA) is 35.5 Å². The van der Waals surface area contributed by atoms with Gasteiger partial charge in [-0.3, -0.25) is 4.79 Å². The van der Waals surface area contributed by atoms with Crippen molar-refractivity contribution >= 4 is 40.3 Å². The second kappa shape index (κ2) is 6.87. The highest BCUT2D eigenvalue weighted by atomic mass is 35.5. The van der Waals surface area contributed by atoms with Crippen LogP contribution >= 0.6 is 34.5 Å². The van der Waals surface area contributed by atoms with Crippen molar-refractivity contribution in [1.29, 1.82) is 0 Å². The number of hydrogen-bond acceptors (Lipinski definition) is 4. The summed E-state index contributed by atoms with van der Waals surface area (Å²) < 4.78 is 11.6. The third-order valence-corrected chi connectivity index (χ3v) is 3.44. The van der Waals surface area contributed by atoms with Crippen molar-refractivity contribution in [1.82, 2.24) is 0 Å². The maximum absolute atomic E-state index is 11.7. The van der Waals surface area contributed by atoms with Gasteiger partial charge in [-0.2, -0.15) is 0 Å². The molecule has 102 valence electrons. The van der Waals surface area contributed by atoms with Gasteiger partial charge in [-0.15, -0.1) is 11.3 Å². The Bertz CT molecular complexity index is 410. The van der Waals surface area contributed by atoms with Gasteiger partial charge in [0.15, 0.2) is 5.78 Å². The third kappa shape index (κ3) is 5.67. The fourth-order valence-corrected chi connectivity index (χ4v) is 2.68. The van der Waals surface area contributed by atoms with Crippen molar-refractivity contribution in [3.63, 3.8) is 0 Å². The van der Waals surface area contributed by atoms with Crippen molar-refractivity contribution < 1.29 is 14.3 Å². The van der Waals surface area contributed by atoms with Crippen LogP contribution in [0.3, 0.4) is 0 Å². The van der Waals surface area contributed by atoms with E-state index >= 15 is 0 Å². The number of ketones is 1. The Hall–Kier alpha value is -0.130. The average molecular weight is 311 g/mol. The zero-order valence-corrected chi connectivity index (χ0v) is 12.9. The van der Waals surface area contributed by atoms with E-state index in [4.69, 9.17) is 32.7 Å². The minimum Gasteiger partial charge on any atom is -0.373 e. The summed E-state index contributed by atoms with van der Waals surface area (Å²) in [7, 11) is 0. The Balaban J connectivity index is 2.28. The molecular formula is C12H16Cl2O3S. The molecule has 0 aliphatic rings. The van der Waals surface area contributed by atoms with Gasteiger partial charge in [0.2, 0.25) is 0 Å². The monoisotopic (exact) mass is 310 g/mol. The molecule has 6 heteroatoms. The van der Waals surface area contributed by atoms with Crippen LogP contribution in [0.5, 0.6) is 0 Å². The van der Waals surface area contributed by atoms with Gasteiger partial charge in [0.1, 0.15) is 10.9 Å². The molecule has 1 aromatic heterocycles. The molecule has 18 heavy (non-hydrogen) atoms. The van der Waals surface area contributed by atoms with Gasteiger partial charge in [0.25, 0.3) is 0 Å². The van der Waals surface area contributed by atoms with Crippen molar-refractivity contribution in [3.8, 4) is 0 Å². The molecular weight excluding hydrogens is 295 g/mol. The number of ether oxygens (including phenoxy) is 2. The van der Waals surface area contributed by atoms with E-state index in [9.17, 15) is 4.79 Å². The predicted molar refractivity (Wildman–Crippen MR) is 75.2 cm³/mol. The summed E-state index contributed by atoms with van der Waals surface area (Å²) in [4.78, 5) is 11.7. The van der Waals surface area contributed by atoms with E-state index < -0.39 is 0 Å². The maximum atomic E-state index is 11.7. The van der Waals surface area contributed by atoms with Crippen LogP contribution in [0, 0.1) is 0 Å². The number of Topliss-reactive ketones (excluding diaryl/α,β-unsaturated/α-hetero) is 1. The summed E-state index contributed by atoms with van der Waals surface area (Å²) >= 11 is 12.8. The summed E-state index contributed by atoms with van der Waals surface area (Å²) in [5.41, 5.74) is 0.223. The fraction of sp³-hybridized carbons (Fsp3) is 0.583. The lowest BCUT2D eigenvalue weighted by atomic mass is 10.2. The van der Waals surface area contributed by atoms with Crippen LogP contribution in [0.15, 0.2) is 6.07 Å². The SMILES string of the molecule is CC(C)(C)OCCOCC(=O)c1cc(Cl)sc1Cl. The van der Waals surface area contributed by atoms with Gasteiger partial charge < -0.3 is 9.47 Å². The molecule has 0 saturated carbocycles. The largest absolute Gasteiger partial charge is 0.373 e. The minimum atomic E-state index is -0.197. The van der Waals surface area contributed by atoms with Gasteiger partial charge in [-0.25, -0.2) is 0 Å². The summed E-state index contributed by atoms with van der Waals surface area (Å²) in [5, 5.41) is 0. The molecule has 0 atom stereocenters. The molecule has 1 aromatic rings. The zero-order chi connectivity index (χ0) is 13.8. The first-order valence-corrected chi connectivity index (χ1v) is 7.06. The van der Waals surface area contributed by atoms with Gasteiger partial charge in [0, 0.05) is 0 Å². The second-order valence-electron chi connectivity index (χ2n) is 4.67. The third-order valence-electron chi connectivity index (χ3n) is 1.95. The first-order chi connectivity index (χ1) is 8.29. The van der Waals surface area contributed by atoms with E-state index in [2.05, 4.69) is 0 Å². The van der Waals surface area contributed by atoms with Crippen LogP contribution in [0.4, 0.5) is 0 Å². The highest BCUT2D eigenvalue weighted by molar-refractivity contribution is 7.20. The van der Waals surface area contributed by atoms with Crippen molar-refractivity contribution in [2.24, 2.45) is 0 Å². The predicted octanol–water partition coefficient (Wildman–Crippen LogP) is 4.07. The molecule has 3 nitrogen and oxygen atoms in total. The van der Waals surface area contributed by atoms with Crippen LogP contribution in [-0.2, 0) is 9.47 Å². The first kappa shape index (κ1) is 15.9. The van der Waals surface area contributed by atoms with Crippen molar-refractivity contribution in [2.75, 3.05) is 19.8 Å². The van der Waals surface area contributed by atoms with Crippen LogP contribution in [-0.4, -0.2) is 31.2 Å². The lowest BCUT2D eigenvalue weighted by Crippen LogP contribution is -2.22. The van der Waals surface area contributed by atoms with Gasteiger partial charge in [0.05, 0.1) is 28.7 Å². The van der Waals surface area contributed by atoms with Gasteiger partial charge >= 0.3 is 0 Å². The number of carbonyl (C=O) groups is 1. The Morgan fingerprint density at radius 3 is 2.50 bits per heavy atom. The summed E-state index contributed by atoms with van der Waals surface area (Å²) in [6, 6.07) is 1.56. The fourth-order valence-electron chi connectivity index (χ4n) is 1.18. The standard InChI is InChI=1S/C12H16Cl2O3S/c1-12(2,3)17-5-4-16-7-9(15)8-6-10(13)18-11(8)14/h6H,4-5,7H2,1-3H3. The lowest BCUT2D eigenvalue weighted by molar-refractivity contribution is -0.0324. The Kier molecular flexibility index (Phi) is 6.08. The van der Waals surface area contributed by atoms with E-state index in [1.54, 1.807) is 6.07 Å². The normalized spacial score (nSPS) is 11.8. The maximum Gasteiger partial charge on any atom is 0.190 e. The van der Waals surface area contributed by atoms with Gasteiger partial charge in [-0.05, 0) is 26.8 Å². The zero-order valence-electron chi connectivity index (χ0n) is 10.6. The average Bonchev–Trinajstić information content (AvgIpc) is 2.55. The van der Waals surface area contributed by atoms with E-state index in [1.165, 1.54) is 11.3 Å². The number of rotatable bonds is 6. The van der Waals surface area contributed by atoms with E-state index in [-0.39, 0.29) is 18.0 Å². The molecule has 0 N–H and O–H groups in total. The quantitative estimate of drug-likeness (QED) is 0.587. The van der Waals surface area contributed by atoms with Crippen molar-refractivity contribution in [2.45, 2.75) is 26.4 Å². The molecule has 0 fully saturated rings. The lowest BCUT2D eigenvalue weighted by Gasteiger charge is -2.19. The Labute approximate surface area is 121 Å². The molecule has 0 bridgehead atoms. The van der Waals surface area contributed by atoms with Crippen molar-refractivity contribution in [3.05, 3.63) is 20.3 Å². The van der Waals surface area contributed by atoms with Crippen LogP contribution in [0.2, 0.25) is 8.67 Å². The molecule has 0 aliphatic carbocycles. The number of carbonyl (C=O) groups excluding carboxylic acids is 1. The van der Waals surface area contributed by atoms with Crippen LogP contribution in [0.1, 0.15) is 31.1 Å². The summed E-state index contributed by atoms with van der Waals surface area (Å²) in [6.07, 6.45) is 0. The number of halogens is 2. The van der Waals surface area contributed by atoms with E-state index in [1.807, 2.05) is 20.8 Å². The van der Waals surface area contributed by atoms with E-state index in [0.29, 0.717) is 27.4 Å². The number of hydrogen-bond donors (Lipinski definition) is 0. The first-order valence-electron chi connectivity index (χ1n) is 5.49. The molecule has 0 amide bonds. The molecule has 0 unspecified atom stereocenters. The molecule has 0 aliphatic heterocycles. The second-order valence-corrected chi connectivity index (χ2v) is 6.96. The molecule has 1 rings (SSSR count). The molecule has 0 aromatic carbocycles. The Morgan fingerprint density at radius 1 is 1.33 bits per heavy atom. The Morgan fingerprint density at radius 2 is 2.00 bits per heavy atom. The molecule has 0 radical (unpaired) electrons. The van der Waals surface area contributed by atoms with Crippen LogP contribution in [0.25, 0.3) is 0 Å². The van der Waals surface area contributed by atoms with Crippen LogP contribution < -0.4 is 0 Å². The minimum absolute atomic E-state index is 0.0136. The summed E-state index contributed by atoms with van der Waals surface area (Å²) in [5.74, 6) is -0.168. The molecule has 1 heterocycles.